The number of nitrogens with two attached hydrogens (primary N) is 1. The van der Waals surface area contributed by atoms with Gasteiger partial charge in [-0.2, -0.15) is 5.10 Å². The molecule has 3 rings (SSSR count). The van der Waals surface area contributed by atoms with E-state index in [-0.39, 0.29) is 0 Å². The number of anilines is 1. The molecule has 0 aliphatic carbocycles. The summed E-state index contributed by atoms with van der Waals surface area (Å²) in [5, 5.41) is 4.75. The summed E-state index contributed by atoms with van der Waals surface area (Å²) in [4.78, 5) is 2.47. The standard InChI is InChI=1S/C17H24N4/c1-14-16(13-18)17(20-11-7-2-3-8-12-20)21(19-14)15-9-5-4-6-10-15/h4-6,9-10H,2-3,7-8,11-13,18H2,1H3. The highest BCUT2D eigenvalue weighted by atomic mass is 15.4. The highest BCUT2D eigenvalue weighted by molar-refractivity contribution is 5.55. The van der Waals surface area contributed by atoms with Crippen molar-refractivity contribution in [3.05, 3.63) is 41.6 Å². The molecule has 1 aromatic heterocycles. The van der Waals surface area contributed by atoms with Crippen molar-refractivity contribution in [3.63, 3.8) is 0 Å². The van der Waals surface area contributed by atoms with Gasteiger partial charge in [-0.1, -0.05) is 31.0 Å². The molecule has 0 spiro atoms. The van der Waals surface area contributed by atoms with Gasteiger partial charge in [-0.25, -0.2) is 4.68 Å². The number of hydrogen-bond acceptors (Lipinski definition) is 3. The number of rotatable bonds is 3. The van der Waals surface area contributed by atoms with Gasteiger partial charge in [0.1, 0.15) is 5.82 Å². The third-order valence-electron chi connectivity index (χ3n) is 4.27. The Morgan fingerprint density at radius 2 is 1.71 bits per heavy atom. The topological polar surface area (TPSA) is 47.1 Å². The molecule has 4 heteroatoms. The Morgan fingerprint density at radius 3 is 2.33 bits per heavy atom. The quantitative estimate of drug-likeness (QED) is 0.942. The van der Waals surface area contributed by atoms with Gasteiger partial charge in [0, 0.05) is 25.2 Å². The molecule has 112 valence electrons. The minimum absolute atomic E-state index is 0.546. The molecule has 1 fully saturated rings. The average molecular weight is 284 g/mol. The van der Waals surface area contributed by atoms with Crippen molar-refractivity contribution < 1.29 is 0 Å². The zero-order valence-corrected chi connectivity index (χ0v) is 12.8. The molecule has 0 unspecified atom stereocenters. The minimum Gasteiger partial charge on any atom is -0.356 e. The predicted octanol–water partition coefficient (Wildman–Crippen LogP) is 3.02. The van der Waals surface area contributed by atoms with Gasteiger partial charge in [0.15, 0.2) is 0 Å². The van der Waals surface area contributed by atoms with E-state index in [0.29, 0.717) is 6.54 Å². The lowest BCUT2D eigenvalue weighted by atomic mass is 10.2. The summed E-state index contributed by atoms with van der Waals surface area (Å²) < 4.78 is 2.07. The fourth-order valence-corrected chi connectivity index (χ4v) is 3.14. The molecule has 1 aliphatic rings. The van der Waals surface area contributed by atoms with Crippen LogP contribution >= 0.6 is 0 Å². The van der Waals surface area contributed by atoms with E-state index in [4.69, 9.17) is 10.8 Å². The summed E-state index contributed by atoms with van der Waals surface area (Å²) in [6.07, 6.45) is 5.16. The van der Waals surface area contributed by atoms with Crippen LogP contribution in [0.3, 0.4) is 0 Å². The lowest BCUT2D eigenvalue weighted by molar-refractivity contribution is 0.726. The van der Waals surface area contributed by atoms with Gasteiger partial charge in [0.25, 0.3) is 0 Å². The first-order chi connectivity index (χ1) is 10.3. The van der Waals surface area contributed by atoms with Crippen molar-refractivity contribution in [2.45, 2.75) is 39.2 Å². The third kappa shape index (κ3) is 2.81. The van der Waals surface area contributed by atoms with Gasteiger partial charge in [0.2, 0.25) is 0 Å². The number of hydrogen-bond donors (Lipinski definition) is 1. The number of nitrogens with zero attached hydrogens (tertiary/aromatic N) is 3. The van der Waals surface area contributed by atoms with Crippen molar-refractivity contribution in [1.29, 1.82) is 0 Å². The Bertz CT molecular complexity index is 580. The van der Waals surface area contributed by atoms with Gasteiger partial charge in [-0.3, -0.25) is 0 Å². The van der Waals surface area contributed by atoms with Crippen LogP contribution in [0.4, 0.5) is 5.82 Å². The van der Waals surface area contributed by atoms with E-state index in [0.717, 1.165) is 24.5 Å². The number of benzene rings is 1. The van der Waals surface area contributed by atoms with Gasteiger partial charge >= 0.3 is 0 Å². The van der Waals surface area contributed by atoms with E-state index in [1.54, 1.807) is 0 Å². The normalized spacial score (nSPS) is 16.0. The van der Waals surface area contributed by atoms with Crippen LogP contribution in [0.2, 0.25) is 0 Å². The lowest BCUT2D eigenvalue weighted by Crippen LogP contribution is -2.27. The molecule has 0 radical (unpaired) electrons. The Hall–Kier alpha value is -1.81. The predicted molar refractivity (Wildman–Crippen MR) is 86.9 cm³/mol. The largest absolute Gasteiger partial charge is 0.356 e. The molecule has 2 aromatic rings. The van der Waals surface area contributed by atoms with E-state index in [1.807, 2.05) is 6.07 Å². The molecule has 2 heterocycles. The van der Waals surface area contributed by atoms with Crippen LogP contribution in [-0.4, -0.2) is 22.9 Å². The maximum absolute atomic E-state index is 6.01. The van der Waals surface area contributed by atoms with Crippen molar-refractivity contribution in [2.24, 2.45) is 5.73 Å². The highest BCUT2D eigenvalue weighted by Crippen LogP contribution is 2.29. The highest BCUT2D eigenvalue weighted by Gasteiger charge is 2.21. The van der Waals surface area contributed by atoms with E-state index in [2.05, 4.69) is 40.8 Å². The van der Waals surface area contributed by atoms with Gasteiger partial charge < -0.3 is 10.6 Å². The Morgan fingerprint density at radius 1 is 1.05 bits per heavy atom. The zero-order chi connectivity index (χ0) is 14.7. The van der Waals surface area contributed by atoms with E-state index in [1.165, 1.54) is 37.1 Å². The first kappa shape index (κ1) is 14.1. The molecular weight excluding hydrogens is 260 g/mol. The number of para-hydroxylation sites is 1. The second-order valence-electron chi connectivity index (χ2n) is 5.74. The Kier molecular flexibility index (Phi) is 4.25. The monoisotopic (exact) mass is 284 g/mol. The maximum Gasteiger partial charge on any atom is 0.137 e. The minimum atomic E-state index is 0.546. The van der Waals surface area contributed by atoms with Crippen molar-refractivity contribution >= 4 is 5.82 Å². The molecule has 4 nitrogen and oxygen atoms in total. The van der Waals surface area contributed by atoms with Crippen molar-refractivity contribution in [2.75, 3.05) is 18.0 Å². The smallest absolute Gasteiger partial charge is 0.137 e. The van der Waals surface area contributed by atoms with Crippen molar-refractivity contribution in [1.82, 2.24) is 9.78 Å². The van der Waals surface area contributed by atoms with Gasteiger partial charge in [0.05, 0.1) is 11.4 Å². The van der Waals surface area contributed by atoms with Crippen LogP contribution in [0.25, 0.3) is 5.69 Å². The number of aromatic nitrogens is 2. The summed E-state index contributed by atoms with van der Waals surface area (Å²) >= 11 is 0. The lowest BCUT2D eigenvalue weighted by Gasteiger charge is -2.25. The summed E-state index contributed by atoms with van der Waals surface area (Å²) in [7, 11) is 0. The number of aryl methyl sites for hydroxylation is 1. The Labute approximate surface area is 126 Å². The van der Waals surface area contributed by atoms with Crippen LogP contribution in [-0.2, 0) is 6.54 Å². The summed E-state index contributed by atoms with van der Waals surface area (Å²) in [6.45, 7) is 4.81. The second kappa shape index (κ2) is 6.31. The molecule has 0 atom stereocenters. The summed E-state index contributed by atoms with van der Waals surface area (Å²) in [6, 6.07) is 10.4. The second-order valence-corrected chi connectivity index (χ2v) is 5.74. The van der Waals surface area contributed by atoms with Crippen LogP contribution in [0.15, 0.2) is 30.3 Å². The van der Waals surface area contributed by atoms with Gasteiger partial charge in [-0.15, -0.1) is 0 Å². The van der Waals surface area contributed by atoms with E-state index in [9.17, 15) is 0 Å². The molecular formula is C17H24N4. The van der Waals surface area contributed by atoms with E-state index >= 15 is 0 Å². The van der Waals surface area contributed by atoms with Crippen molar-refractivity contribution in [3.8, 4) is 5.69 Å². The Balaban J connectivity index is 2.07. The van der Waals surface area contributed by atoms with Crippen LogP contribution in [0.5, 0.6) is 0 Å². The molecule has 1 saturated heterocycles. The molecule has 0 saturated carbocycles. The summed E-state index contributed by atoms with van der Waals surface area (Å²) in [5.74, 6) is 1.20. The van der Waals surface area contributed by atoms with Crippen LogP contribution in [0.1, 0.15) is 36.9 Å². The first-order valence-electron chi connectivity index (χ1n) is 7.90. The average Bonchev–Trinajstić information content (AvgIpc) is 2.69. The van der Waals surface area contributed by atoms with Crippen LogP contribution < -0.4 is 10.6 Å². The van der Waals surface area contributed by atoms with E-state index < -0.39 is 0 Å². The third-order valence-corrected chi connectivity index (χ3v) is 4.27. The molecule has 0 bridgehead atoms. The maximum atomic E-state index is 6.01. The first-order valence-corrected chi connectivity index (χ1v) is 7.90. The molecule has 1 aliphatic heterocycles. The summed E-state index contributed by atoms with van der Waals surface area (Å²) in [5.41, 5.74) is 9.34. The van der Waals surface area contributed by atoms with Gasteiger partial charge in [-0.05, 0) is 31.9 Å². The zero-order valence-electron chi connectivity index (χ0n) is 12.8. The fraction of sp³-hybridized carbons (Fsp3) is 0.471. The molecule has 0 amide bonds. The van der Waals surface area contributed by atoms with Crippen LogP contribution in [0, 0.1) is 6.92 Å². The molecule has 1 aromatic carbocycles. The molecule has 21 heavy (non-hydrogen) atoms. The molecule has 2 N–H and O–H groups in total. The SMILES string of the molecule is Cc1nn(-c2ccccc2)c(N2CCCCCC2)c1CN. The fourth-order valence-electron chi connectivity index (χ4n) is 3.14.